The lowest BCUT2D eigenvalue weighted by molar-refractivity contribution is 0.724. The van der Waals surface area contributed by atoms with E-state index in [1.54, 1.807) is 5.56 Å². The van der Waals surface area contributed by atoms with E-state index in [9.17, 15) is 0 Å². The van der Waals surface area contributed by atoms with Crippen LogP contribution in [-0.4, -0.2) is 4.57 Å². The van der Waals surface area contributed by atoms with Crippen LogP contribution in [0, 0.1) is 0 Å². The third-order valence-corrected chi connectivity index (χ3v) is 3.72. The van der Waals surface area contributed by atoms with Crippen molar-refractivity contribution < 1.29 is 0 Å². The highest BCUT2D eigenvalue weighted by Crippen LogP contribution is 2.38. The normalized spacial score (nSPS) is 17.7. The summed E-state index contributed by atoms with van der Waals surface area (Å²) in [6.45, 7) is 0. The molecule has 78 valence electrons. The molecule has 15 heavy (non-hydrogen) atoms. The summed E-state index contributed by atoms with van der Waals surface area (Å²) in [7, 11) is 2.15. The Morgan fingerprint density at radius 3 is 2.67 bits per heavy atom. The molecule has 1 fully saturated rings. The highest BCUT2D eigenvalue weighted by Gasteiger charge is 2.20. The third kappa shape index (κ3) is 1.38. The molecule has 1 heteroatoms. The highest BCUT2D eigenvalue weighted by atomic mass is 14.9. The van der Waals surface area contributed by atoms with Crippen LogP contribution in [0.4, 0.5) is 0 Å². The van der Waals surface area contributed by atoms with Gasteiger partial charge in [0.1, 0.15) is 0 Å². The summed E-state index contributed by atoms with van der Waals surface area (Å²) >= 11 is 0. The minimum Gasteiger partial charge on any atom is -0.350 e. The number of rotatable bonds is 1. The second-order valence-electron chi connectivity index (χ2n) is 4.69. The first kappa shape index (κ1) is 9.02. The van der Waals surface area contributed by atoms with Crippen LogP contribution in [0.2, 0.25) is 0 Å². The van der Waals surface area contributed by atoms with E-state index in [4.69, 9.17) is 0 Å². The molecule has 0 unspecified atom stereocenters. The first-order valence-corrected chi connectivity index (χ1v) is 5.90. The number of hydrogen-bond acceptors (Lipinski definition) is 0. The van der Waals surface area contributed by atoms with E-state index in [0.717, 1.165) is 5.92 Å². The summed E-state index contributed by atoms with van der Waals surface area (Å²) in [4.78, 5) is 0. The molecule has 3 rings (SSSR count). The number of nitrogens with zero attached hydrogens (tertiary/aromatic N) is 1. The lowest BCUT2D eigenvalue weighted by Gasteiger charge is -2.06. The quantitative estimate of drug-likeness (QED) is 0.657. The fourth-order valence-electron chi connectivity index (χ4n) is 2.94. The van der Waals surface area contributed by atoms with E-state index >= 15 is 0 Å². The van der Waals surface area contributed by atoms with Crippen LogP contribution in [0.5, 0.6) is 0 Å². The fraction of sp³-hybridized carbons (Fsp3) is 0.429. The second kappa shape index (κ2) is 3.41. The number of benzene rings is 1. The number of fused-ring (bicyclic) bond motifs is 1. The maximum absolute atomic E-state index is 2.33. The van der Waals surface area contributed by atoms with Gasteiger partial charge in [-0.1, -0.05) is 31.0 Å². The average Bonchev–Trinajstić information content (AvgIpc) is 2.87. The Bertz CT molecular complexity index is 475. The first-order chi connectivity index (χ1) is 7.36. The Kier molecular flexibility index (Phi) is 2.05. The second-order valence-corrected chi connectivity index (χ2v) is 4.69. The van der Waals surface area contributed by atoms with Crippen molar-refractivity contribution in [2.45, 2.75) is 31.6 Å². The molecule has 1 heterocycles. The van der Waals surface area contributed by atoms with Crippen molar-refractivity contribution in [1.29, 1.82) is 0 Å². The molecular weight excluding hydrogens is 182 g/mol. The van der Waals surface area contributed by atoms with Gasteiger partial charge >= 0.3 is 0 Å². The lowest BCUT2D eigenvalue weighted by atomic mass is 9.97. The Labute approximate surface area is 90.7 Å². The zero-order valence-electron chi connectivity index (χ0n) is 9.24. The molecule has 0 bridgehead atoms. The molecule has 0 saturated heterocycles. The number of para-hydroxylation sites is 1. The summed E-state index contributed by atoms with van der Waals surface area (Å²) in [5, 5.41) is 1.46. The van der Waals surface area contributed by atoms with Gasteiger partial charge in [0.15, 0.2) is 0 Å². The van der Waals surface area contributed by atoms with Gasteiger partial charge in [0, 0.05) is 24.1 Å². The molecular formula is C14H17N. The SMILES string of the molecule is Cn1cc(C2CCCC2)c2ccccc21. The number of hydrogen-bond donors (Lipinski definition) is 0. The Balaban J connectivity index is 2.17. The van der Waals surface area contributed by atoms with Gasteiger partial charge in [0.05, 0.1) is 0 Å². The molecule has 0 radical (unpaired) electrons. The van der Waals surface area contributed by atoms with E-state index < -0.39 is 0 Å². The van der Waals surface area contributed by atoms with Crippen LogP contribution in [0.3, 0.4) is 0 Å². The van der Waals surface area contributed by atoms with Crippen LogP contribution < -0.4 is 0 Å². The molecule has 1 nitrogen and oxygen atoms in total. The molecule has 1 aliphatic carbocycles. The van der Waals surface area contributed by atoms with Crippen LogP contribution in [0.25, 0.3) is 10.9 Å². The predicted octanol–water partition coefficient (Wildman–Crippen LogP) is 3.84. The standard InChI is InChI=1S/C14H17N/c1-15-10-13(11-6-2-3-7-11)12-8-4-5-9-14(12)15/h4-5,8-11H,2-3,6-7H2,1H3. The summed E-state index contributed by atoms with van der Waals surface area (Å²) in [6, 6.07) is 8.76. The van der Waals surface area contributed by atoms with Crippen molar-refractivity contribution >= 4 is 10.9 Å². The van der Waals surface area contributed by atoms with Gasteiger partial charge in [0.2, 0.25) is 0 Å². The predicted molar refractivity (Wildman–Crippen MR) is 64.1 cm³/mol. The largest absolute Gasteiger partial charge is 0.350 e. The smallest absolute Gasteiger partial charge is 0.0480 e. The fourth-order valence-corrected chi connectivity index (χ4v) is 2.94. The van der Waals surface area contributed by atoms with E-state index in [1.165, 1.54) is 36.6 Å². The Morgan fingerprint density at radius 2 is 1.87 bits per heavy atom. The van der Waals surface area contributed by atoms with Crippen molar-refractivity contribution in [3.8, 4) is 0 Å². The lowest BCUT2D eigenvalue weighted by Crippen LogP contribution is -1.90. The molecule has 1 saturated carbocycles. The van der Waals surface area contributed by atoms with Crippen LogP contribution in [0.15, 0.2) is 30.5 Å². The van der Waals surface area contributed by atoms with Crippen LogP contribution in [-0.2, 0) is 7.05 Å². The van der Waals surface area contributed by atoms with Crippen LogP contribution in [0.1, 0.15) is 37.2 Å². The van der Waals surface area contributed by atoms with E-state index in [0.29, 0.717) is 0 Å². The molecule has 1 aromatic heterocycles. The van der Waals surface area contributed by atoms with E-state index in [2.05, 4.69) is 42.1 Å². The molecule has 1 aliphatic rings. The highest BCUT2D eigenvalue weighted by molar-refractivity contribution is 5.84. The summed E-state index contributed by atoms with van der Waals surface area (Å²) < 4.78 is 2.27. The summed E-state index contributed by atoms with van der Waals surface area (Å²) in [5.41, 5.74) is 2.95. The average molecular weight is 199 g/mol. The molecule has 0 N–H and O–H groups in total. The molecule has 0 atom stereocenters. The van der Waals surface area contributed by atoms with Gasteiger partial charge in [-0.3, -0.25) is 0 Å². The van der Waals surface area contributed by atoms with Crippen molar-refractivity contribution in [2.24, 2.45) is 7.05 Å². The van der Waals surface area contributed by atoms with Crippen molar-refractivity contribution in [2.75, 3.05) is 0 Å². The Morgan fingerprint density at radius 1 is 1.13 bits per heavy atom. The van der Waals surface area contributed by atoms with Crippen LogP contribution >= 0.6 is 0 Å². The summed E-state index contributed by atoms with van der Waals surface area (Å²) in [5.74, 6) is 0.816. The van der Waals surface area contributed by atoms with Crippen molar-refractivity contribution in [1.82, 2.24) is 4.57 Å². The van der Waals surface area contributed by atoms with Gasteiger partial charge in [-0.15, -0.1) is 0 Å². The van der Waals surface area contributed by atoms with Crippen molar-refractivity contribution in [3.05, 3.63) is 36.0 Å². The molecule has 2 aromatic rings. The van der Waals surface area contributed by atoms with E-state index in [1.807, 2.05) is 0 Å². The molecule has 0 amide bonds. The van der Waals surface area contributed by atoms with E-state index in [-0.39, 0.29) is 0 Å². The zero-order chi connectivity index (χ0) is 10.3. The molecule has 0 aliphatic heterocycles. The maximum atomic E-state index is 2.33. The number of aryl methyl sites for hydroxylation is 1. The van der Waals surface area contributed by atoms with Crippen molar-refractivity contribution in [3.63, 3.8) is 0 Å². The van der Waals surface area contributed by atoms with Gasteiger partial charge in [0.25, 0.3) is 0 Å². The maximum Gasteiger partial charge on any atom is 0.0480 e. The van der Waals surface area contributed by atoms with Gasteiger partial charge in [-0.25, -0.2) is 0 Å². The minimum atomic E-state index is 0.816. The molecule has 0 spiro atoms. The zero-order valence-corrected chi connectivity index (χ0v) is 9.24. The monoisotopic (exact) mass is 199 g/mol. The topological polar surface area (TPSA) is 4.93 Å². The molecule has 1 aromatic carbocycles. The van der Waals surface area contributed by atoms with Gasteiger partial charge in [-0.05, 0) is 30.4 Å². The van der Waals surface area contributed by atoms with Gasteiger partial charge in [-0.2, -0.15) is 0 Å². The summed E-state index contributed by atoms with van der Waals surface area (Å²) in [6.07, 6.45) is 7.92. The third-order valence-electron chi connectivity index (χ3n) is 3.72. The first-order valence-electron chi connectivity index (χ1n) is 5.90. The van der Waals surface area contributed by atoms with Gasteiger partial charge < -0.3 is 4.57 Å². The number of aromatic nitrogens is 1. The Hall–Kier alpha value is -1.24. The minimum absolute atomic E-state index is 0.816.